The number of allylic oxidation sites excluding steroid dienone is 1. The molecule has 0 saturated heterocycles. The molecule has 0 fully saturated rings. The largest absolute Gasteiger partial charge is 0.473 e. The highest BCUT2D eigenvalue weighted by atomic mass is 16.5. The monoisotopic (exact) mass is 453 g/mol. The van der Waals surface area contributed by atoms with Crippen molar-refractivity contribution in [1.29, 1.82) is 0 Å². The van der Waals surface area contributed by atoms with Crippen LogP contribution in [0.3, 0.4) is 0 Å². The molecule has 3 aromatic rings. The van der Waals surface area contributed by atoms with Gasteiger partial charge >= 0.3 is 0 Å². The first-order valence-corrected chi connectivity index (χ1v) is 11.4. The highest BCUT2D eigenvalue weighted by Crippen LogP contribution is 2.18. The van der Waals surface area contributed by atoms with Crippen LogP contribution in [-0.2, 0) is 6.42 Å². The molecule has 0 unspecified atom stereocenters. The Hall–Kier alpha value is -4.06. The smallest absolute Gasteiger partial charge is 0.256 e. The fourth-order valence-corrected chi connectivity index (χ4v) is 3.67. The van der Waals surface area contributed by atoms with Crippen LogP contribution in [0.5, 0.6) is 5.88 Å². The maximum absolute atomic E-state index is 13.1. The molecule has 1 aromatic heterocycles. The normalized spacial score (nSPS) is 16.7. The van der Waals surface area contributed by atoms with E-state index in [1.54, 1.807) is 12.1 Å². The number of aliphatic imine (C=N–C) groups is 1. The van der Waals surface area contributed by atoms with Crippen LogP contribution >= 0.6 is 0 Å². The molecule has 4 bridgehead atoms. The summed E-state index contributed by atoms with van der Waals surface area (Å²) >= 11 is 0. The van der Waals surface area contributed by atoms with E-state index in [1.807, 2.05) is 61.5 Å². The lowest BCUT2D eigenvalue weighted by Gasteiger charge is -2.11. The Morgan fingerprint density at radius 2 is 1.85 bits per heavy atom. The number of carbonyl (C=O) groups is 1. The molecule has 2 aromatic carbocycles. The van der Waals surface area contributed by atoms with Gasteiger partial charge in [-0.05, 0) is 55.2 Å². The number of rotatable bonds is 1. The van der Waals surface area contributed by atoms with E-state index in [4.69, 9.17) is 9.73 Å². The van der Waals surface area contributed by atoms with Crippen LogP contribution in [-0.4, -0.2) is 23.3 Å². The van der Waals surface area contributed by atoms with E-state index in [0.717, 1.165) is 29.7 Å². The van der Waals surface area contributed by atoms with Gasteiger partial charge in [0.2, 0.25) is 5.88 Å². The Morgan fingerprint density at radius 3 is 2.74 bits per heavy atom. The van der Waals surface area contributed by atoms with Gasteiger partial charge in [0.25, 0.3) is 5.91 Å². The zero-order valence-corrected chi connectivity index (χ0v) is 19.2. The second kappa shape index (κ2) is 11.2. The third kappa shape index (κ3) is 6.48. The molecule has 0 aliphatic carbocycles. The van der Waals surface area contributed by atoms with Crippen molar-refractivity contribution in [3.8, 4) is 5.88 Å². The lowest BCUT2D eigenvalue weighted by atomic mass is 10.1. The SMILES string of the molecule is Cc1ccccc1N=C1CCC/C=C\COc2ccc(=O)cc(n2)Cc2cccc(c2)C(=O)N1. The maximum atomic E-state index is 13.1. The molecule has 0 atom stereocenters. The number of ether oxygens (including phenoxy) is 1. The number of amides is 1. The number of fused-ring (bicyclic) bond motifs is 4. The summed E-state index contributed by atoms with van der Waals surface area (Å²) in [6, 6.07) is 19.7. The molecular formula is C28H27N3O3. The first kappa shape index (κ1) is 23.1. The van der Waals surface area contributed by atoms with E-state index >= 15 is 0 Å². The van der Waals surface area contributed by atoms with Crippen molar-refractivity contribution in [1.82, 2.24) is 10.3 Å². The molecule has 0 radical (unpaired) electrons. The van der Waals surface area contributed by atoms with Gasteiger partial charge in [0, 0.05) is 30.5 Å². The molecular weight excluding hydrogens is 426 g/mol. The van der Waals surface area contributed by atoms with Crippen LogP contribution in [0.1, 0.15) is 46.4 Å². The second-order valence-corrected chi connectivity index (χ2v) is 8.17. The van der Waals surface area contributed by atoms with Gasteiger partial charge in [0.1, 0.15) is 12.4 Å². The topological polar surface area (TPSA) is 80.7 Å². The van der Waals surface area contributed by atoms with Gasteiger partial charge in [0.15, 0.2) is 5.43 Å². The van der Waals surface area contributed by atoms with Crippen molar-refractivity contribution in [3.05, 3.63) is 111 Å². The van der Waals surface area contributed by atoms with Crippen molar-refractivity contribution in [2.45, 2.75) is 32.6 Å². The summed E-state index contributed by atoms with van der Waals surface area (Å²) in [6.07, 6.45) is 6.65. The number of aryl methyl sites for hydroxylation is 1. The van der Waals surface area contributed by atoms with Crippen LogP contribution in [0, 0.1) is 6.92 Å². The Bertz CT molecular complexity index is 1300. The van der Waals surface area contributed by atoms with Gasteiger partial charge in [-0.25, -0.2) is 9.98 Å². The number of aromatic nitrogens is 1. The summed E-state index contributed by atoms with van der Waals surface area (Å²) in [5.74, 6) is 0.816. The minimum atomic E-state index is -0.214. The fourth-order valence-electron chi connectivity index (χ4n) is 3.67. The first-order valence-electron chi connectivity index (χ1n) is 11.4. The van der Waals surface area contributed by atoms with E-state index in [1.165, 1.54) is 12.1 Å². The van der Waals surface area contributed by atoms with Crippen LogP contribution in [0.2, 0.25) is 0 Å². The van der Waals surface area contributed by atoms with Gasteiger partial charge in [-0.3, -0.25) is 9.59 Å². The second-order valence-electron chi connectivity index (χ2n) is 8.17. The minimum absolute atomic E-state index is 0.145. The summed E-state index contributed by atoms with van der Waals surface area (Å²) in [4.78, 5) is 34.5. The van der Waals surface area contributed by atoms with Crippen molar-refractivity contribution in [3.63, 3.8) is 0 Å². The Morgan fingerprint density at radius 1 is 0.971 bits per heavy atom. The highest BCUT2D eigenvalue weighted by molar-refractivity contribution is 6.07. The molecule has 6 nitrogen and oxygen atoms in total. The molecule has 1 N–H and O–H groups in total. The Balaban J connectivity index is 1.67. The van der Waals surface area contributed by atoms with Gasteiger partial charge in [-0.1, -0.05) is 42.5 Å². The molecule has 6 heteroatoms. The number of benzene rings is 2. The fraction of sp³-hybridized carbons (Fsp3) is 0.214. The summed E-state index contributed by atoms with van der Waals surface area (Å²) < 4.78 is 5.75. The van der Waals surface area contributed by atoms with Crippen molar-refractivity contribution < 1.29 is 9.53 Å². The summed E-state index contributed by atoms with van der Waals surface area (Å²) in [6.45, 7) is 2.36. The van der Waals surface area contributed by atoms with Crippen LogP contribution < -0.4 is 15.5 Å². The van der Waals surface area contributed by atoms with Crippen LogP contribution in [0.15, 0.2) is 88.7 Å². The van der Waals surface area contributed by atoms with Crippen molar-refractivity contribution in [2.75, 3.05) is 6.61 Å². The highest BCUT2D eigenvalue weighted by Gasteiger charge is 2.11. The summed E-state index contributed by atoms with van der Waals surface area (Å²) in [5.41, 5.74) is 3.72. The van der Waals surface area contributed by atoms with Gasteiger partial charge in [0.05, 0.1) is 11.4 Å². The number of para-hydroxylation sites is 1. The van der Waals surface area contributed by atoms with E-state index in [-0.39, 0.29) is 11.3 Å². The number of carbonyl (C=O) groups excluding carboxylic acids is 1. The molecule has 34 heavy (non-hydrogen) atoms. The van der Waals surface area contributed by atoms with Crippen LogP contribution in [0.4, 0.5) is 5.69 Å². The zero-order chi connectivity index (χ0) is 23.8. The molecule has 2 heterocycles. The Kier molecular flexibility index (Phi) is 7.60. The van der Waals surface area contributed by atoms with Gasteiger partial charge in [-0.2, -0.15) is 0 Å². The number of nitrogens with zero attached hydrogens (tertiary/aromatic N) is 2. The lowest BCUT2D eigenvalue weighted by molar-refractivity contribution is 0.0976. The predicted octanol–water partition coefficient (Wildman–Crippen LogP) is 4.92. The third-order valence-electron chi connectivity index (χ3n) is 5.43. The molecule has 0 spiro atoms. The summed E-state index contributed by atoms with van der Waals surface area (Å²) in [5, 5.41) is 3.01. The van der Waals surface area contributed by atoms with E-state index < -0.39 is 0 Å². The van der Waals surface area contributed by atoms with Crippen LogP contribution in [0.25, 0.3) is 0 Å². The van der Waals surface area contributed by atoms with E-state index in [2.05, 4.69) is 10.3 Å². The average molecular weight is 454 g/mol. The molecule has 4 rings (SSSR count). The molecule has 1 aliphatic heterocycles. The quantitative estimate of drug-likeness (QED) is 0.531. The number of hydrogen-bond donors (Lipinski definition) is 1. The minimum Gasteiger partial charge on any atom is -0.473 e. The van der Waals surface area contributed by atoms with Gasteiger partial charge < -0.3 is 10.1 Å². The maximum Gasteiger partial charge on any atom is 0.256 e. The van der Waals surface area contributed by atoms with Crippen molar-refractivity contribution >= 4 is 17.4 Å². The predicted molar refractivity (Wildman–Crippen MR) is 134 cm³/mol. The molecule has 1 amide bonds. The van der Waals surface area contributed by atoms with E-state index in [9.17, 15) is 9.59 Å². The summed E-state index contributed by atoms with van der Waals surface area (Å²) in [7, 11) is 0. The molecule has 1 aliphatic rings. The third-order valence-corrected chi connectivity index (χ3v) is 5.43. The number of amidine groups is 1. The number of nitrogens with one attached hydrogen (secondary N) is 1. The van der Waals surface area contributed by atoms with Crippen molar-refractivity contribution in [2.24, 2.45) is 4.99 Å². The molecule has 0 saturated carbocycles. The van der Waals surface area contributed by atoms with E-state index in [0.29, 0.717) is 42.4 Å². The first-order chi connectivity index (χ1) is 16.6. The zero-order valence-electron chi connectivity index (χ0n) is 19.2. The average Bonchev–Trinajstić information content (AvgIpc) is 2.99. The number of hydrogen-bond acceptors (Lipinski definition) is 5. The lowest BCUT2D eigenvalue weighted by Crippen LogP contribution is -2.30. The standard InChI is InChI=1S/C28H27N3O3/c1-20-9-5-6-12-25(20)30-26-13-4-2-3-7-16-34-27-15-14-24(32)19-23(29-27)18-21-10-8-11-22(17-21)28(33)31-26/h3,5-12,14-15,17,19H,2,4,13,16,18H2,1H3,(H,30,31,33)/b7-3-. The van der Waals surface area contributed by atoms with Gasteiger partial charge in [-0.15, -0.1) is 0 Å². The Labute approximate surface area is 199 Å². The molecule has 172 valence electrons.